The van der Waals surface area contributed by atoms with Gasteiger partial charge in [0.05, 0.1) is 11.8 Å². The number of likely N-dealkylation sites (tertiary alicyclic amines) is 1. The molecule has 0 spiro atoms. The van der Waals surface area contributed by atoms with Crippen LogP contribution in [0.15, 0.2) is 30.4 Å². The number of carbonyl (C=O) groups is 4. The van der Waals surface area contributed by atoms with Gasteiger partial charge in [-0.2, -0.15) is 0 Å². The van der Waals surface area contributed by atoms with E-state index >= 15 is 0 Å². The van der Waals surface area contributed by atoms with Gasteiger partial charge in [-0.25, -0.2) is 4.79 Å². The Labute approximate surface area is 188 Å². The van der Waals surface area contributed by atoms with Crippen LogP contribution in [0.1, 0.15) is 41.8 Å². The fraction of sp³-hybridized carbons (Fsp3) is 0.538. The second-order valence-corrected chi connectivity index (χ2v) is 10.2. The first-order chi connectivity index (χ1) is 15.2. The van der Waals surface area contributed by atoms with Crippen LogP contribution in [0.5, 0.6) is 0 Å². The fourth-order valence-electron chi connectivity index (χ4n) is 6.15. The first-order valence-electron chi connectivity index (χ1n) is 11.5. The molecule has 2 saturated carbocycles. The topological polar surface area (TPSA) is 80.8 Å². The molecule has 4 aliphatic carbocycles. The molecular formula is C26H29NO5. The van der Waals surface area contributed by atoms with Crippen molar-refractivity contribution in [2.75, 3.05) is 6.61 Å². The smallest absolute Gasteiger partial charge is 0.330 e. The van der Waals surface area contributed by atoms with E-state index < -0.39 is 18.6 Å². The number of hydrogen-bond donors (Lipinski definition) is 0. The van der Waals surface area contributed by atoms with Crippen molar-refractivity contribution in [3.05, 3.63) is 47.0 Å². The number of ether oxygens (including phenoxy) is 1. The Morgan fingerprint density at radius 2 is 1.59 bits per heavy atom. The third-order valence-electron chi connectivity index (χ3n) is 8.02. The first kappa shape index (κ1) is 21.1. The summed E-state index contributed by atoms with van der Waals surface area (Å²) in [5.74, 6) is -1.31. The number of hydrogen-bond acceptors (Lipinski definition) is 5. The van der Waals surface area contributed by atoms with Gasteiger partial charge in [-0.05, 0) is 67.1 Å². The third kappa shape index (κ3) is 3.06. The highest BCUT2D eigenvalue weighted by Gasteiger charge is 2.68. The number of ketones is 1. The summed E-state index contributed by atoms with van der Waals surface area (Å²) in [4.78, 5) is 53.5. The van der Waals surface area contributed by atoms with E-state index in [-0.39, 0.29) is 47.2 Å². The maximum atomic E-state index is 13.4. The first-order valence-corrected chi connectivity index (χ1v) is 11.5. The van der Waals surface area contributed by atoms with Crippen LogP contribution < -0.4 is 0 Å². The number of rotatable bonds is 6. The number of carbonyl (C=O) groups excluding carboxylic acids is 4. The van der Waals surface area contributed by atoms with Crippen molar-refractivity contribution >= 4 is 23.6 Å². The van der Waals surface area contributed by atoms with Gasteiger partial charge in [0, 0.05) is 5.56 Å². The molecule has 6 heteroatoms. The Morgan fingerprint density at radius 1 is 1.00 bits per heavy atom. The van der Waals surface area contributed by atoms with Gasteiger partial charge in [-0.3, -0.25) is 19.3 Å². The Kier molecular flexibility index (Phi) is 4.88. The van der Waals surface area contributed by atoms with Crippen molar-refractivity contribution in [3.63, 3.8) is 0 Å². The molecule has 0 N–H and O–H groups in total. The Bertz CT molecular complexity index is 1020. The predicted octanol–water partition coefficient (Wildman–Crippen LogP) is 3.11. The van der Waals surface area contributed by atoms with E-state index in [1.54, 1.807) is 26.0 Å². The van der Waals surface area contributed by atoms with Gasteiger partial charge in [0.15, 0.2) is 12.4 Å². The summed E-state index contributed by atoms with van der Waals surface area (Å²) >= 11 is 0. The zero-order valence-electron chi connectivity index (χ0n) is 18.9. The summed E-state index contributed by atoms with van der Waals surface area (Å²) in [7, 11) is 0. The highest BCUT2D eigenvalue weighted by Crippen LogP contribution is 2.65. The van der Waals surface area contributed by atoms with E-state index in [4.69, 9.17) is 4.74 Å². The normalized spacial score (nSPS) is 32.7. The largest absolute Gasteiger partial charge is 0.456 e. The zero-order chi connectivity index (χ0) is 22.9. The molecule has 0 aromatic heterocycles. The van der Waals surface area contributed by atoms with Gasteiger partial charge >= 0.3 is 5.97 Å². The molecule has 1 saturated heterocycles. The minimum absolute atomic E-state index is 0.103. The lowest BCUT2D eigenvalue weighted by molar-refractivity contribution is -0.160. The van der Waals surface area contributed by atoms with Crippen LogP contribution in [-0.4, -0.2) is 41.1 Å². The molecule has 3 fully saturated rings. The molecule has 7 atom stereocenters. The van der Waals surface area contributed by atoms with Crippen molar-refractivity contribution in [2.24, 2.45) is 41.4 Å². The SMILES string of the molecule is Cc1ccc(C(=O)COC(=O)[C@H](C(C)C)N2C(=O)[C@@H]3[C@H]4C=C[C@@H]([C@@H]5C[C@H]45)[C@@H]3C2=O)cc1C. The van der Waals surface area contributed by atoms with E-state index in [2.05, 4.69) is 12.2 Å². The number of nitrogens with zero attached hydrogens (tertiary/aromatic N) is 1. The average Bonchev–Trinajstić information content (AvgIpc) is 3.54. The number of esters is 1. The molecule has 2 bridgehead atoms. The van der Waals surface area contributed by atoms with Gasteiger partial charge in [0.2, 0.25) is 11.8 Å². The van der Waals surface area contributed by atoms with Crippen LogP contribution in [0.3, 0.4) is 0 Å². The fourth-order valence-corrected chi connectivity index (χ4v) is 6.15. The quantitative estimate of drug-likeness (QED) is 0.297. The average molecular weight is 436 g/mol. The second kappa shape index (κ2) is 7.39. The van der Waals surface area contributed by atoms with Gasteiger partial charge in [-0.15, -0.1) is 0 Å². The van der Waals surface area contributed by atoms with Crippen molar-refractivity contribution in [3.8, 4) is 0 Å². The molecule has 1 aromatic carbocycles. The lowest BCUT2D eigenvalue weighted by Gasteiger charge is -2.37. The summed E-state index contributed by atoms with van der Waals surface area (Å²) in [6.07, 6.45) is 5.31. The molecule has 5 aliphatic rings. The monoisotopic (exact) mass is 435 g/mol. The molecule has 32 heavy (non-hydrogen) atoms. The maximum absolute atomic E-state index is 13.4. The minimum Gasteiger partial charge on any atom is -0.456 e. The molecule has 6 nitrogen and oxygen atoms in total. The summed E-state index contributed by atoms with van der Waals surface area (Å²) in [6, 6.07) is 4.34. The highest BCUT2D eigenvalue weighted by molar-refractivity contribution is 6.09. The third-order valence-corrected chi connectivity index (χ3v) is 8.02. The molecule has 0 unspecified atom stereocenters. The number of allylic oxidation sites excluding steroid dienone is 2. The second-order valence-electron chi connectivity index (χ2n) is 10.2. The van der Waals surface area contributed by atoms with Gasteiger partial charge in [-0.1, -0.05) is 38.1 Å². The number of Topliss-reactive ketones (excluding diaryl/α,β-unsaturated/α-hetero) is 1. The molecule has 0 radical (unpaired) electrons. The van der Waals surface area contributed by atoms with Gasteiger partial charge in [0.1, 0.15) is 6.04 Å². The lowest BCUT2D eigenvalue weighted by atomic mass is 9.63. The van der Waals surface area contributed by atoms with E-state index in [1.165, 1.54) is 4.90 Å². The standard InChI is InChI=1S/C26H29NO5/c1-12(2)23(26(31)32-11-20(28)15-6-5-13(3)14(4)9-15)27-24(29)21-16-7-8-17(19-10-18(16)19)22(21)25(27)30/h5-9,12,16-19,21-23H,10-11H2,1-4H3/t16-,17-,18-,19+,21-,22+,23-/m0/s1. The number of benzene rings is 1. The van der Waals surface area contributed by atoms with Crippen LogP contribution in [0.25, 0.3) is 0 Å². The van der Waals surface area contributed by atoms with Crippen LogP contribution in [0.2, 0.25) is 0 Å². The van der Waals surface area contributed by atoms with Crippen LogP contribution in [-0.2, 0) is 19.1 Å². The number of aryl methyl sites for hydroxylation is 2. The zero-order valence-corrected chi connectivity index (χ0v) is 18.9. The predicted molar refractivity (Wildman–Crippen MR) is 116 cm³/mol. The Morgan fingerprint density at radius 3 is 2.12 bits per heavy atom. The highest BCUT2D eigenvalue weighted by atomic mass is 16.5. The van der Waals surface area contributed by atoms with Crippen molar-refractivity contribution in [1.29, 1.82) is 0 Å². The molecule has 2 amide bonds. The van der Waals surface area contributed by atoms with Crippen LogP contribution in [0, 0.1) is 55.3 Å². The maximum Gasteiger partial charge on any atom is 0.330 e. The molecule has 1 aliphatic heterocycles. The van der Waals surface area contributed by atoms with Crippen molar-refractivity contribution in [2.45, 2.75) is 40.2 Å². The summed E-state index contributed by atoms with van der Waals surface area (Å²) in [5.41, 5.74) is 2.54. The lowest BCUT2D eigenvalue weighted by Crippen LogP contribution is -2.49. The van der Waals surface area contributed by atoms with Gasteiger partial charge < -0.3 is 4.74 Å². The molecular weight excluding hydrogens is 406 g/mol. The van der Waals surface area contributed by atoms with E-state index in [0.717, 1.165) is 17.5 Å². The van der Waals surface area contributed by atoms with E-state index in [1.807, 2.05) is 19.9 Å². The number of imide groups is 1. The molecule has 1 heterocycles. The summed E-state index contributed by atoms with van der Waals surface area (Å²) in [6.45, 7) is 7.06. The van der Waals surface area contributed by atoms with Crippen LogP contribution >= 0.6 is 0 Å². The number of amides is 2. The summed E-state index contributed by atoms with van der Waals surface area (Å²) in [5, 5.41) is 0. The molecule has 6 rings (SSSR count). The van der Waals surface area contributed by atoms with Crippen molar-refractivity contribution < 1.29 is 23.9 Å². The Hall–Kier alpha value is -2.76. The van der Waals surface area contributed by atoms with Gasteiger partial charge in [0.25, 0.3) is 0 Å². The van der Waals surface area contributed by atoms with E-state index in [0.29, 0.717) is 17.4 Å². The van der Waals surface area contributed by atoms with E-state index in [9.17, 15) is 19.2 Å². The molecule has 1 aromatic rings. The molecule has 168 valence electrons. The minimum atomic E-state index is -1.01. The van der Waals surface area contributed by atoms with Crippen molar-refractivity contribution in [1.82, 2.24) is 4.90 Å². The summed E-state index contributed by atoms with van der Waals surface area (Å²) < 4.78 is 5.36. The van der Waals surface area contributed by atoms with Crippen LogP contribution in [0.4, 0.5) is 0 Å². The Balaban J connectivity index is 1.32.